The molecule has 0 aliphatic carbocycles. The van der Waals surface area contributed by atoms with E-state index in [1.54, 1.807) is 17.1 Å². The van der Waals surface area contributed by atoms with E-state index >= 15 is 0 Å². The Kier molecular flexibility index (Phi) is 3.89. The van der Waals surface area contributed by atoms with Crippen LogP contribution < -0.4 is 5.73 Å². The fourth-order valence-corrected chi connectivity index (χ4v) is 1.81. The first-order chi connectivity index (χ1) is 8.74. The Labute approximate surface area is 106 Å². The van der Waals surface area contributed by atoms with Crippen LogP contribution in [-0.2, 0) is 13.0 Å². The lowest BCUT2D eigenvalue weighted by molar-refractivity contribution is 0.103. The van der Waals surface area contributed by atoms with Crippen LogP contribution in [0.3, 0.4) is 0 Å². The van der Waals surface area contributed by atoms with Gasteiger partial charge in [0, 0.05) is 18.3 Å². The van der Waals surface area contributed by atoms with Gasteiger partial charge in [0.05, 0.1) is 11.8 Å². The zero-order valence-electron chi connectivity index (χ0n) is 10.5. The van der Waals surface area contributed by atoms with E-state index in [9.17, 15) is 4.79 Å². The Morgan fingerprint density at radius 2 is 2.00 bits per heavy atom. The molecule has 0 atom stereocenters. The second kappa shape index (κ2) is 5.60. The van der Waals surface area contributed by atoms with Gasteiger partial charge in [-0.25, -0.2) is 0 Å². The first kappa shape index (κ1) is 12.5. The molecule has 4 heteroatoms. The standard InChI is InChI=1S/C14H17N3O/c1-2-17-10-13(9-16-17)14(18)12-5-3-11(4-6-12)7-8-15/h3-6,9-10H,2,7-8,15H2,1H3. The monoisotopic (exact) mass is 243 g/mol. The molecule has 0 saturated heterocycles. The number of nitrogens with zero attached hydrogens (tertiary/aromatic N) is 2. The summed E-state index contributed by atoms with van der Waals surface area (Å²) in [4.78, 5) is 12.2. The molecule has 0 radical (unpaired) electrons. The topological polar surface area (TPSA) is 60.9 Å². The lowest BCUT2D eigenvalue weighted by Gasteiger charge is -2.01. The number of hydrogen-bond acceptors (Lipinski definition) is 3. The molecule has 4 nitrogen and oxygen atoms in total. The van der Waals surface area contributed by atoms with E-state index in [1.165, 1.54) is 0 Å². The second-order valence-electron chi connectivity index (χ2n) is 4.15. The van der Waals surface area contributed by atoms with Crippen LogP contribution in [-0.4, -0.2) is 22.1 Å². The van der Waals surface area contributed by atoms with Gasteiger partial charge >= 0.3 is 0 Å². The summed E-state index contributed by atoms with van der Waals surface area (Å²) in [5.41, 5.74) is 7.96. The van der Waals surface area contributed by atoms with Crippen LogP contribution in [0.15, 0.2) is 36.7 Å². The van der Waals surface area contributed by atoms with Crippen molar-refractivity contribution < 1.29 is 4.79 Å². The van der Waals surface area contributed by atoms with Crippen LogP contribution in [0, 0.1) is 0 Å². The number of nitrogens with two attached hydrogens (primary N) is 1. The van der Waals surface area contributed by atoms with Crippen LogP contribution in [0.4, 0.5) is 0 Å². The van der Waals surface area contributed by atoms with Gasteiger partial charge < -0.3 is 5.73 Å². The Morgan fingerprint density at radius 1 is 1.28 bits per heavy atom. The summed E-state index contributed by atoms with van der Waals surface area (Å²) in [6, 6.07) is 7.59. The predicted molar refractivity (Wildman–Crippen MR) is 70.5 cm³/mol. The summed E-state index contributed by atoms with van der Waals surface area (Å²) < 4.78 is 1.75. The number of carbonyl (C=O) groups excluding carboxylic acids is 1. The van der Waals surface area contributed by atoms with Crippen molar-refractivity contribution in [2.24, 2.45) is 5.73 Å². The summed E-state index contributed by atoms with van der Waals surface area (Å²) in [6.07, 6.45) is 4.22. The molecule has 0 fully saturated rings. The third kappa shape index (κ3) is 2.65. The molecule has 2 N–H and O–H groups in total. The summed E-state index contributed by atoms with van der Waals surface area (Å²) in [5.74, 6) is 0.00833. The van der Waals surface area contributed by atoms with Crippen molar-refractivity contribution in [3.05, 3.63) is 53.3 Å². The third-order valence-electron chi connectivity index (χ3n) is 2.87. The normalized spacial score (nSPS) is 10.6. The molecular formula is C14H17N3O. The van der Waals surface area contributed by atoms with Crippen molar-refractivity contribution >= 4 is 5.78 Å². The van der Waals surface area contributed by atoms with E-state index in [4.69, 9.17) is 5.73 Å². The van der Waals surface area contributed by atoms with Gasteiger partial charge in [-0.2, -0.15) is 5.10 Å². The largest absolute Gasteiger partial charge is 0.330 e. The minimum Gasteiger partial charge on any atom is -0.330 e. The molecule has 0 bridgehead atoms. The average Bonchev–Trinajstić information content (AvgIpc) is 2.88. The van der Waals surface area contributed by atoms with E-state index in [1.807, 2.05) is 31.2 Å². The third-order valence-corrected chi connectivity index (χ3v) is 2.87. The zero-order chi connectivity index (χ0) is 13.0. The molecule has 0 amide bonds. The molecule has 18 heavy (non-hydrogen) atoms. The number of benzene rings is 1. The number of aryl methyl sites for hydroxylation is 1. The number of aromatic nitrogens is 2. The van der Waals surface area contributed by atoms with Crippen molar-refractivity contribution in [3.63, 3.8) is 0 Å². The van der Waals surface area contributed by atoms with Crippen molar-refractivity contribution in [1.29, 1.82) is 0 Å². The molecule has 1 heterocycles. The molecule has 1 aromatic heterocycles. The maximum Gasteiger partial charge on any atom is 0.196 e. The highest BCUT2D eigenvalue weighted by Crippen LogP contribution is 2.11. The lowest BCUT2D eigenvalue weighted by atomic mass is 10.0. The highest BCUT2D eigenvalue weighted by Gasteiger charge is 2.10. The molecule has 2 aromatic rings. The summed E-state index contributed by atoms with van der Waals surface area (Å²) in [6.45, 7) is 3.38. The van der Waals surface area contributed by atoms with Gasteiger partial charge in [-0.1, -0.05) is 24.3 Å². The van der Waals surface area contributed by atoms with Crippen LogP contribution in [0.25, 0.3) is 0 Å². The van der Waals surface area contributed by atoms with Crippen molar-refractivity contribution in [2.45, 2.75) is 19.9 Å². The minimum absolute atomic E-state index is 0.00833. The molecule has 0 spiro atoms. The molecule has 2 rings (SSSR count). The van der Waals surface area contributed by atoms with E-state index < -0.39 is 0 Å². The lowest BCUT2D eigenvalue weighted by Crippen LogP contribution is -2.04. The van der Waals surface area contributed by atoms with Crippen LogP contribution in [0.5, 0.6) is 0 Å². The second-order valence-corrected chi connectivity index (χ2v) is 4.15. The fourth-order valence-electron chi connectivity index (χ4n) is 1.81. The number of rotatable bonds is 5. The van der Waals surface area contributed by atoms with Gasteiger partial charge in [0.2, 0.25) is 0 Å². The fraction of sp³-hybridized carbons (Fsp3) is 0.286. The Morgan fingerprint density at radius 3 is 2.56 bits per heavy atom. The SMILES string of the molecule is CCn1cc(C(=O)c2ccc(CCN)cc2)cn1. The quantitative estimate of drug-likeness (QED) is 0.812. The maximum absolute atomic E-state index is 12.2. The highest BCUT2D eigenvalue weighted by molar-refractivity contribution is 6.08. The van der Waals surface area contributed by atoms with E-state index in [-0.39, 0.29) is 5.78 Å². The molecule has 0 saturated carbocycles. The average molecular weight is 243 g/mol. The van der Waals surface area contributed by atoms with Crippen LogP contribution >= 0.6 is 0 Å². The van der Waals surface area contributed by atoms with E-state index in [2.05, 4.69) is 5.10 Å². The van der Waals surface area contributed by atoms with Crippen LogP contribution in [0.2, 0.25) is 0 Å². The Hall–Kier alpha value is -1.94. The van der Waals surface area contributed by atoms with E-state index in [0.717, 1.165) is 18.5 Å². The molecule has 1 aromatic carbocycles. The smallest absolute Gasteiger partial charge is 0.196 e. The van der Waals surface area contributed by atoms with Crippen molar-refractivity contribution in [2.75, 3.05) is 6.54 Å². The van der Waals surface area contributed by atoms with Gasteiger partial charge in [-0.15, -0.1) is 0 Å². The van der Waals surface area contributed by atoms with Crippen molar-refractivity contribution in [3.8, 4) is 0 Å². The zero-order valence-corrected chi connectivity index (χ0v) is 10.5. The highest BCUT2D eigenvalue weighted by atomic mass is 16.1. The summed E-state index contributed by atoms with van der Waals surface area (Å²) in [5, 5.41) is 4.11. The van der Waals surface area contributed by atoms with Gasteiger partial charge in [-0.3, -0.25) is 9.48 Å². The first-order valence-electron chi connectivity index (χ1n) is 6.10. The molecular weight excluding hydrogens is 226 g/mol. The van der Waals surface area contributed by atoms with E-state index in [0.29, 0.717) is 17.7 Å². The Balaban J connectivity index is 2.17. The van der Waals surface area contributed by atoms with Crippen LogP contribution in [0.1, 0.15) is 28.4 Å². The van der Waals surface area contributed by atoms with Gasteiger partial charge in [-0.05, 0) is 25.5 Å². The number of hydrogen-bond donors (Lipinski definition) is 1. The molecule has 0 aliphatic rings. The predicted octanol–water partition coefficient (Wildman–Crippen LogP) is 1.64. The number of ketones is 1. The van der Waals surface area contributed by atoms with Gasteiger partial charge in [0.15, 0.2) is 5.78 Å². The first-order valence-corrected chi connectivity index (χ1v) is 6.10. The minimum atomic E-state index is 0.00833. The van der Waals surface area contributed by atoms with Gasteiger partial charge in [0.1, 0.15) is 0 Å². The number of carbonyl (C=O) groups is 1. The summed E-state index contributed by atoms with van der Waals surface area (Å²) in [7, 11) is 0. The summed E-state index contributed by atoms with van der Waals surface area (Å²) >= 11 is 0. The molecule has 0 aliphatic heterocycles. The molecule has 0 unspecified atom stereocenters. The van der Waals surface area contributed by atoms with Gasteiger partial charge in [0.25, 0.3) is 0 Å². The maximum atomic E-state index is 12.2. The Bertz CT molecular complexity index is 528. The molecule has 94 valence electrons. The van der Waals surface area contributed by atoms with Crippen molar-refractivity contribution in [1.82, 2.24) is 9.78 Å².